The van der Waals surface area contributed by atoms with Crippen LogP contribution >= 0.6 is 15.9 Å². The molecule has 3 nitrogen and oxygen atoms in total. The van der Waals surface area contributed by atoms with E-state index in [1.165, 1.54) is 31.2 Å². The minimum atomic E-state index is 0.481. The number of hydrogen-bond donors (Lipinski definition) is 1. The van der Waals surface area contributed by atoms with Gasteiger partial charge < -0.3 is 10.1 Å². The minimum absolute atomic E-state index is 0.481. The van der Waals surface area contributed by atoms with Crippen LogP contribution in [0.4, 0.5) is 0 Å². The van der Waals surface area contributed by atoms with Crippen LogP contribution in [0.25, 0.3) is 0 Å². The first-order valence-electron chi connectivity index (χ1n) is 7.74. The highest BCUT2D eigenvalue weighted by molar-refractivity contribution is 9.10. The molecule has 2 saturated heterocycles. The van der Waals surface area contributed by atoms with Crippen molar-refractivity contribution in [2.45, 2.75) is 57.3 Å². The summed E-state index contributed by atoms with van der Waals surface area (Å²) in [5.74, 6) is 0.666. The number of nitrogens with one attached hydrogen (secondary N) is 1. The Hall–Kier alpha value is -0.450. The predicted octanol–water partition coefficient (Wildman–Crippen LogP) is 3.32. The summed E-state index contributed by atoms with van der Waals surface area (Å²) < 4.78 is 7.11. The average Bonchev–Trinajstić information content (AvgIpc) is 3.06. The molecular formula is C16H23BrN2O. The molecule has 0 amide bonds. The van der Waals surface area contributed by atoms with Crippen LogP contribution in [0.3, 0.4) is 0 Å². The fourth-order valence-corrected chi connectivity index (χ4v) is 4.04. The van der Waals surface area contributed by atoms with E-state index < -0.39 is 0 Å². The van der Waals surface area contributed by atoms with Crippen molar-refractivity contribution in [3.63, 3.8) is 0 Å². The molecule has 2 aliphatic rings. The summed E-state index contributed by atoms with van der Waals surface area (Å²) in [5.41, 5.74) is 1.30. The second-order valence-corrected chi connectivity index (χ2v) is 6.97. The van der Waals surface area contributed by atoms with Gasteiger partial charge in [0.15, 0.2) is 0 Å². The molecule has 20 heavy (non-hydrogen) atoms. The zero-order chi connectivity index (χ0) is 13.9. The number of aromatic nitrogens is 1. The van der Waals surface area contributed by atoms with Crippen LogP contribution in [-0.4, -0.2) is 29.8 Å². The summed E-state index contributed by atoms with van der Waals surface area (Å²) in [6.07, 6.45) is 10.8. The maximum atomic E-state index is 6.04. The van der Waals surface area contributed by atoms with Crippen molar-refractivity contribution in [1.29, 1.82) is 0 Å². The fraction of sp³-hybridized carbons (Fsp3) is 0.688. The van der Waals surface area contributed by atoms with Gasteiger partial charge in [0.05, 0.1) is 12.2 Å². The van der Waals surface area contributed by atoms with Crippen molar-refractivity contribution in [2.75, 3.05) is 6.54 Å². The number of ether oxygens (including phenoxy) is 1. The predicted molar refractivity (Wildman–Crippen MR) is 83.7 cm³/mol. The SMILES string of the molecule is CCCNC(Cc1cncc(Br)c1)C1CC2CCC1O2. The molecule has 0 saturated carbocycles. The largest absolute Gasteiger partial charge is 0.375 e. The summed E-state index contributed by atoms with van der Waals surface area (Å²) in [6.45, 7) is 3.31. The molecule has 110 valence electrons. The van der Waals surface area contributed by atoms with Crippen LogP contribution in [-0.2, 0) is 11.2 Å². The Morgan fingerprint density at radius 1 is 1.45 bits per heavy atom. The van der Waals surface area contributed by atoms with E-state index in [9.17, 15) is 0 Å². The van der Waals surface area contributed by atoms with E-state index >= 15 is 0 Å². The molecule has 0 aliphatic carbocycles. The summed E-state index contributed by atoms with van der Waals surface area (Å²) >= 11 is 3.51. The van der Waals surface area contributed by atoms with E-state index in [0.29, 0.717) is 24.2 Å². The lowest BCUT2D eigenvalue weighted by Gasteiger charge is -2.29. The smallest absolute Gasteiger partial charge is 0.0623 e. The molecule has 1 aromatic rings. The average molecular weight is 339 g/mol. The standard InChI is InChI=1S/C16H23BrN2O/c1-2-5-19-15(7-11-6-12(17)10-18-9-11)14-8-13-3-4-16(14)20-13/h6,9-10,13-16,19H,2-5,7-8H2,1H3. The topological polar surface area (TPSA) is 34.2 Å². The summed E-state index contributed by atoms with van der Waals surface area (Å²) in [6, 6.07) is 2.70. The first-order chi connectivity index (χ1) is 9.76. The summed E-state index contributed by atoms with van der Waals surface area (Å²) in [5, 5.41) is 3.74. The number of pyridine rings is 1. The van der Waals surface area contributed by atoms with E-state index in [2.05, 4.69) is 39.2 Å². The molecule has 0 spiro atoms. The summed E-state index contributed by atoms with van der Waals surface area (Å²) in [4.78, 5) is 4.29. The lowest BCUT2D eigenvalue weighted by molar-refractivity contribution is 0.0857. The molecule has 4 atom stereocenters. The number of halogens is 1. The van der Waals surface area contributed by atoms with Gasteiger partial charge in [-0.2, -0.15) is 0 Å². The molecule has 0 radical (unpaired) electrons. The van der Waals surface area contributed by atoms with Crippen LogP contribution in [0.1, 0.15) is 38.2 Å². The van der Waals surface area contributed by atoms with Gasteiger partial charge in [0, 0.05) is 28.8 Å². The molecule has 1 aromatic heterocycles. The molecular weight excluding hydrogens is 316 g/mol. The van der Waals surface area contributed by atoms with Gasteiger partial charge in [-0.1, -0.05) is 6.92 Å². The number of nitrogens with zero attached hydrogens (tertiary/aromatic N) is 1. The summed E-state index contributed by atoms with van der Waals surface area (Å²) in [7, 11) is 0. The Balaban J connectivity index is 1.69. The number of hydrogen-bond acceptors (Lipinski definition) is 3. The van der Waals surface area contributed by atoms with Gasteiger partial charge in [0.25, 0.3) is 0 Å². The molecule has 4 heteroatoms. The normalized spacial score (nSPS) is 29.8. The van der Waals surface area contributed by atoms with Crippen molar-refractivity contribution >= 4 is 15.9 Å². The Kier molecular flexibility index (Phi) is 4.74. The van der Waals surface area contributed by atoms with Crippen LogP contribution in [0.2, 0.25) is 0 Å². The molecule has 4 unspecified atom stereocenters. The molecule has 3 heterocycles. The number of rotatable bonds is 6. The lowest BCUT2D eigenvalue weighted by atomic mass is 9.81. The molecule has 2 fully saturated rings. The van der Waals surface area contributed by atoms with Gasteiger partial charge in [0.2, 0.25) is 0 Å². The van der Waals surface area contributed by atoms with Gasteiger partial charge >= 0.3 is 0 Å². The minimum Gasteiger partial charge on any atom is -0.375 e. The van der Waals surface area contributed by atoms with E-state index in [4.69, 9.17) is 4.74 Å². The highest BCUT2D eigenvalue weighted by Gasteiger charge is 2.44. The first-order valence-corrected chi connectivity index (χ1v) is 8.54. The van der Waals surface area contributed by atoms with Gasteiger partial charge in [-0.05, 0) is 66.2 Å². The van der Waals surface area contributed by atoms with Crippen LogP contribution < -0.4 is 5.32 Å². The Bertz CT molecular complexity index is 454. The third-order valence-corrected chi connectivity index (χ3v) is 4.98. The van der Waals surface area contributed by atoms with Crippen LogP contribution in [0.5, 0.6) is 0 Å². The lowest BCUT2D eigenvalue weighted by Crippen LogP contribution is -2.42. The second kappa shape index (κ2) is 6.54. The van der Waals surface area contributed by atoms with Crippen molar-refractivity contribution in [1.82, 2.24) is 10.3 Å². The highest BCUT2D eigenvalue weighted by atomic mass is 79.9. The quantitative estimate of drug-likeness (QED) is 0.863. The maximum absolute atomic E-state index is 6.04. The van der Waals surface area contributed by atoms with E-state index in [-0.39, 0.29) is 0 Å². The molecule has 1 N–H and O–H groups in total. The van der Waals surface area contributed by atoms with Crippen molar-refractivity contribution in [3.05, 3.63) is 28.5 Å². The van der Waals surface area contributed by atoms with Crippen molar-refractivity contribution in [3.8, 4) is 0 Å². The first kappa shape index (κ1) is 14.5. The fourth-order valence-electron chi connectivity index (χ4n) is 3.63. The zero-order valence-corrected chi connectivity index (χ0v) is 13.6. The van der Waals surface area contributed by atoms with Crippen LogP contribution in [0, 0.1) is 5.92 Å². The Labute approximate surface area is 129 Å². The third-order valence-electron chi connectivity index (χ3n) is 4.54. The Morgan fingerprint density at radius 3 is 3.00 bits per heavy atom. The third kappa shape index (κ3) is 3.23. The van der Waals surface area contributed by atoms with Crippen molar-refractivity contribution < 1.29 is 4.74 Å². The monoisotopic (exact) mass is 338 g/mol. The zero-order valence-electron chi connectivity index (χ0n) is 12.0. The molecule has 2 bridgehead atoms. The second-order valence-electron chi connectivity index (χ2n) is 6.05. The molecule has 0 aromatic carbocycles. The molecule has 2 aliphatic heterocycles. The highest BCUT2D eigenvalue weighted by Crippen LogP contribution is 2.41. The van der Waals surface area contributed by atoms with Gasteiger partial charge in [-0.25, -0.2) is 0 Å². The Morgan fingerprint density at radius 2 is 2.35 bits per heavy atom. The van der Waals surface area contributed by atoms with Gasteiger partial charge in [0.1, 0.15) is 0 Å². The van der Waals surface area contributed by atoms with Gasteiger partial charge in [-0.3, -0.25) is 4.98 Å². The van der Waals surface area contributed by atoms with E-state index in [0.717, 1.165) is 17.4 Å². The molecule has 3 rings (SSSR count). The van der Waals surface area contributed by atoms with Gasteiger partial charge in [-0.15, -0.1) is 0 Å². The van der Waals surface area contributed by atoms with E-state index in [1.54, 1.807) is 0 Å². The van der Waals surface area contributed by atoms with Crippen molar-refractivity contribution in [2.24, 2.45) is 5.92 Å². The van der Waals surface area contributed by atoms with Crippen LogP contribution in [0.15, 0.2) is 22.9 Å². The number of fused-ring (bicyclic) bond motifs is 2. The maximum Gasteiger partial charge on any atom is 0.0623 e. The van der Waals surface area contributed by atoms with E-state index in [1.807, 2.05) is 12.4 Å².